The van der Waals surface area contributed by atoms with Crippen molar-refractivity contribution in [2.45, 2.75) is 196 Å². The number of amides is 9. The highest BCUT2D eigenvalue weighted by atomic mass is 16.3. The number of aliphatic hydroxyl groups is 1. The fourth-order valence-electron chi connectivity index (χ4n) is 11.7. The number of rotatable bonds is 11. The number of carbonyl (C=O) groups is 12. The highest BCUT2D eigenvalue weighted by molar-refractivity contribution is 5.99. The van der Waals surface area contributed by atoms with Crippen LogP contribution in [0, 0.1) is 41.4 Å². The quantitative estimate of drug-likeness (QED) is 0.281. The van der Waals surface area contributed by atoms with Crippen molar-refractivity contribution in [1.82, 2.24) is 44.9 Å². The fourth-order valence-corrected chi connectivity index (χ4v) is 11.7. The molecular formula is C65H105N9O13. The number of aliphatic hydroxyl groups excluding tert-OH is 1. The number of hydrogen-bond acceptors (Lipinski definition) is 13. The predicted octanol–water partition coefficient (Wildman–Crippen LogP) is 4.17. The third kappa shape index (κ3) is 22.2. The second kappa shape index (κ2) is 34.8. The molecule has 3 N–H and O–H groups in total. The first-order valence-electron chi connectivity index (χ1n) is 31.3. The number of nitrogens with zero attached hydrogens (tertiary/aromatic N) is 7. The lowest BCUT2D eigenvalue weighted by molar-refractivity contribution is -0.153. The minimum Gasteiger partial charge on any atom is -0.393 e. The number of nitrogens with one attached hydrogen (secondary N) is 2. The number of Topliss-reactive ketones (excluding diaryl/α,β-unsaturated/α-hetero) is 3. The molecule has 488 valence electrons. The largest absolute Gasteiger partial charge is 0.393 e. The molecule has 22 nitrogen and oxygen atoms in total. The van der Waals surface area contributed by atoms with Gasteiger partial charge in [-0.25, -0.2) is 0 Å². The van der Waals surface area contributed by atoms with E-state index in [0.717, 1.165) is 24.8 Å². The topological polar surface area (TPSA) is 272 Å². The normalized spacial score (nSPS) is 26.5. The van der Waals surface area contributed by atoms with E-state index < -0.39 is 150 Å². The third-order valence-electron chi connectivity index (χ3n) is 17.0. The molecule has 1 aromatic rings. The number of likely N-dealkylation sites (tertiary alicyclic amines) is 1. The zero-order chi connectivity index (χ0) is 65.9. The zero-order valence-corrected chi connectivity index (χ0v) is 55.3. The molecule has 22 heteroatoms. The monoisotopic (exact) mass is 1220 g/mol. The lowest BCUT2D eigenvalue weighted by atomic mass is 9.89. The van der Waals surface area contributed by atoms with Crippen LogP contribution in [0.2, 0.25) is 0 Å². The van der Waals surface area contributed by atoms with Crippen molar-refractivity contribution >= 4 is 70.5 Å². The smallest absolute Gasteiger partial charge is 0.245 e. The van der Waals surface area contributed by atoms with Crippen molar-refractivity contribution in [3.05, 3.63) is 35.9 Å². The lowest BCUT2D eigenvalue weighted by Crippen LogP contribution is -2.57. The van der Waals surface area contributed by atoms with E-state index in [0.29, 0.717) is 13.1 Å². The molecule has 0 aromatic heterocycles. The van der Waals surface area contributed by atoms with Crippen LogP contribution in [-0.2, 0) is 64.0 Å². The summed E-state index contributed by atoms with van der Waals surface area (Å²) in [5.74, 6) is -11.0. The molecule has 2 heterocycles. The Balaban J connectivity index is 2.17. The number of hydrogen-bond donors (Lipinski definition) is 3. The highest BCUT2D eigenvalue weighted by Gasteiger charge is 2.42. The van der Waals surface area contributed by atoms with E-state index >= 15 is 0 Å². The molecule has 2 saturated heterocycles. The van der Waals surface area contributed by atoms with Crippen molar-refractivity contribution in [3.8, 4) is 0 Å². The molecular weight excluding hydrogens is 1110 g/mol. The van der Waals surface area contributed by atoms with Gasteiger partial charge >= 0.3 is 0 Å². The lowest BCUT2D eigenvalue weighted by Gasteiger charge is -2.38. The summed E-state index contributed by atoms with van der Waals surface area (Å²) in [5, 5.41) is 16.5. The van der Waals surface area contributed by atoms with Gasteiger partial charge in [0.05, 0.1) is 31.0 Å². The van der Waals surface area contributed by atoms with Gasteiger partial charge < -0.3 is 50.0 Å². The molecule has 2 aliphatic heterocycles. The minimum absolute atomic E-state index is 0.0882. The Labute approximate surface area is 517 Å². The van der Waals surface area contributed by atoms with E-state index in [1.807, 2.05) is 71.9 Å². The maximum Gasteiger partial charge on any atom is 0.245 e. The first kappa shape index (κ1) is 74.7. The molecule has 3 rings (SSSR count). The predicted molar refractivity (Wildman–Crippen MR) is 331 cm³/mol. The first-order chi connectivity index (χ1) is 40.6. The Kier molecular flexibility index (Phi) is 29.9. The van der Waals surface area contributed by atoms with Gasteiger partial charge in [0.25, 0.3) is 0 Å². The van der Waals surface area contributed by atoms with Gasteiger partial charge in [-0.15, -0.1) is 0 Å². The average molecular weight is 1220 g/mol. The molecule has 0 spiro atoms. The molecule has 9 amide bonds. The average Bonchev–Trinajstić information content (AvgIpc) is 1.85. The third-order valence-corrected chi connectivity index (χ3v) is 17.0. The second-order valence-electron chi connectivity index (χ2n) is 26.3. The van der Waals surface area contributed by atoms with Crippen molar-refractivity contribution in [3.63, 3.8) is 0 Å². The minimum atomic E-state index is -1.40. The molecule has 0 unspecified atom stereocenters. The molecule has 0 aliphatic carbocycles. The van der Waals surface area contributed by atoms with Crippen molar-refractivity contribution < 1.29 is 62.6 Å². The van der Waals surface area contributed by atoms with E-state index in [2.05, 4.69) is 10.6 Å². The SMILES string of the molecule is CC(C)C[C@@H]1CC(=O)CN(C)C(=O)[C@H](C(C)C)N(C)C(=O)[C@H](C)NC(=O)[C@H]([C@@H](C)O)CC(=O)[C@H](CC(C)C)N(C)C(=O)[C@H](C)N(C)C(=O)[C@H](CC(C)C)N(C)C(=O)[C@H](Cc2ccccc2)CC(=O)CCN(C)C(=O)C[C@@H](C(=O)N2CCCCC2)NC1=O. The molecule has 0 radical (unpaired) electrons. The highest BCUT2D eigenvalue weighted by Crippen LogP contribution is 2.26. The van der Waals surface area contributed by atoms with Gasteiger partial charge in [-0.3, -0.25) is 57.5 Å². The van der Waals surface area contributed by atoms with Crippen LogP contribution in [-0.4, -0.2) is 221 Å². The van der Waals surface area contributed by atoms with Crippen molar-refractivity contribution in [2.75, 3.05) is 68.5 Å². The summed E-state index contributed by atoms with van der Waals surface area (Å²) in [6.45, 7) is 19.2. The molecule has 1 aromatic carbocycles. The summed E-state index contributed by atoms with van der Waals surface area (Å²) >= 11 is 0. The van der Waals surface area contributed by atoms with Crippen LogP contribution >= 0.6 is 0 Å². The van der Waals surface area contributed by atoms with Crippen molar-refractivity contribution in [1.29, 1.82) is 0 Å². The van der Waals surface area contributed by atoms with Gasteiger partial charge in [-0.1, -0.05) is 85.7 Å². The molecule has 2 fully saturated rings. The molecule has 0 saturated carbocycles. The van der Waals surface area contributed by atoms with Gasteiger partial charge in [0.1, 0.15) is 36.0 Å². The maximum atomic E-state index is 14.9. The number of likely N-dealkylation sites (N-methyl/N-ethyl adjacent to an activating group) is 5. The van der Waals surface area contributed by atoms with Gasteiger partial charge in [-0.05, 0) is 95.0 Å². The van der Waals surface area contributed by atoms with Gasteiger partial charge in [-0.2, -0.15) is 0 Å². The fraction of sp³-hybridized carbons (Fsp3) is 0.723. The van der Waals surface area contributed by atoms with E-state index in [1.54, 1.807) is 18.7 Å². The van der Waals surface area contributed by atoms with Gasteiger partial charge in [0, 0.05) is 99.4 Å². The van der Waals surface area contributed by atoms with E-state index in [-0.39, 0.29) is 75.0 Å². The van der Waals surface area contributed by atoms with E-state index in [1.165, 1.54) is 92.5 Å². The summed E-state index contributed by atoms with van der Waals surface area (Å²) in [6, 6.07) is 1.98. The zero-order valence-electron chi connectivity index (χ0n) is 55.3. The molecule has 0 bridgehead atoms. The van der Waals surface area contributed by atoms with Crippen LogP contribution in [0.15, 0.2) is 30.3 Å². The van der Waals surface area contributed by atoms with E-state index in [9.17, 15) is 62.6 Å². The van der Waals surface area contributed by atoms with Gasteiger partial charge in [0.15, 0.2) is 11.6 Å². The first-order valence-corrected chi connectivity index (χ1v) is 31.3. The summed E-state index contributed by atoms with van der Waals surface area (Å²) in [6.07, 6.45) is -0.0637. The Bertz CT molecular complexity index is 2550. The van der Waals surface area contributed by atoms with Crippen LogP contribution in [0.4, 0.5) is 0 Å². The van der Waals surface area contributed by atoms with Crippen LogP contribution in [0.5, 0.6) is 0 Å². The summed E-state index contributed by atoms with van der Waals surface area (Å²) in [7, 11) is 8.66. The maximum absolute atomic E-state index is 14.9. The molecule has 87 heavy (non-hydrogen) atoms. The Morgan fingerprint density at radius 2 is 1.10 bits per heavy atom. The van der Waals surface area contributed by atoms with Gasteiger partial charge in [0.2, 0.25) is 53.2 Å². The number of carbonyl (C=O) groups excluding carboxylic acids is 12. The van der Waals surface area contributed by atoms with Crippen LogP contribution in [0.3, 0.4) is 0 Å². The second-order valence-corrected chi connectivity index (χ2v) is 26.3. The Morgan fingerprint density at radius 1 is 0.552 bits per heavy atom. The van der Waals surface area contributed by atoms with Crippen LogP contribution in [0.25, 0.3) is 0 Å². The standard InChI is InChI=1S/C65H105N9O13/c1-39(2)30-47-34-50(77)38-69(13)65(87)57(42(7)8)73(17)60(82)43(9)66-59(81)51(45(11)75)36-55(78)53(31-40(3)4)71(15)61(83)44(10)70(14)64(86)54(32-41(5)6)72(16)62(84)48(33-46-24-20-18-21-25-46)35-49(76)26-29-68(12)56(79)37-52(67-58(47)80)63(85)74-27-22-19-23-28-74/h18,20-21,24-25,39-45,47-48,51-54,57,75H,19,22-23,26-38H2,1-17H3,(H,66,81)(H,67,80)/t43-,44-,45+,47+,48+,51-,52-,53-,54-,57-/m0/s1. The Morgan fingerprint density at radius 3 is 1.66 bits per heavy atom. The van der Waals surface area contributed by atoms with Crippen LogP contribution < -0.4 is 10.6 Å². The van der Waals surface area contributed by atoms with Crippen molar-refractivity contribution in [2.24, 2.45) is 41.4 Å². The molecule has 10 atom stereocenters. The number of ketones is 3. The molecule has 2 aliphatic rings. The number of benzene rings is 1. The Hall–Kier alpha value is -6.58. The number of piperidine rings is 1. The van der Waals surface area contributed by atoms with E-state index in [4.69, 9.17) is 0 Å². The summed E-state index contributed by atoms with van der Waals surface area (Å²) < 4.78 is 0. The summed E-state index contributed by atoms with van der Waals surface area (Å²) in [4.78, 5) is 181. The van der Waals surface area contributed by atoms with Crippen LogP contribution in [0.1, 0.15) is 152 Å². The summed E-state index contributed by atoms with van der Waals surface area (Å²) in [5.41, 5.74) is 0.761.